The summed E-state index contributed by atoms with van der Waals surface area (Å²) in [6.07, 6.45) is 5.81. The van der Waals surface area contributed by atoms with Crippen molar-refractivity contribution >= 4 is 11.8 Å². The van der Waals surface area contributed by atoms with Gasteiger partial charge in [0.15, 0.2) is 0 Å². The van der Waals surface area contributed by atoms with E-state index in [1.807, 2.05) is 53.4 Å². The van der Waals surface area contributed by atoms with Crippen LogP contribution in [0.4, 0.5) is 0 Å². The van der Waals surface area contributed by atoms with E-state index in [2.05, 4.69) is 22.5 Å². The number of methoxy groups -OCH3 is 1. The molecule has 4 rings (SSSR count). The fourth-order valence-corrected chi connectivity index (χ4v) is 6.12. The quantitative estimate of drug-likeness (QED) is 0.314. The number of nitrogens with zero attached hydrogens (tertiary/aromatic N) is 2. The highest BCUT2D eigenvalue weighted by molar-refractivity contribution is 5.94. The summed E-state index contributed by atoms with van der Waals surface area (Å²) in [7, 11) is 1.63. The van der Waals surface area contributed by atoms with E-state index in [1.165, 1.54) is 6.42 Å². The monoisotopic (exact) mass is 594 g/mol. The summed E-state index contributed by atoms with van der Waals surface area (Å²) in [4.78, 5) is 30.6. The SMILES string of the molecule is CCCCN1CCN(Cc2ccc(C(=O)NCc3ccc(OC)cc3)cc2)CCC(O)N[C@H]([C@H](O)C2CCCCC2)C1=O. The largest absolute Gasteiger partial charge is 0.497 e. The predicted octanol–water partition coefficient (Wildman–Crippen LogP) is 3.68. The van der Waals surface area contributed by atoms with Crippen molar-refractivity contribution < 1.29 is 24.5 Å². The molecule has 0 bridgehead atoms. The number of carbonyl (C=O) groups is 2. The highest BCUT2D eigenvalue weighted by Gasteiger charge is 2.37. The fourth-order valence-electron chi connectivity index (χ4n) is 6.12. The number of hydrogen-bond donors (Lipinski definition) is 4. The van der Waals surface area contributed by atoms with Gasteiger partial charge in [-0.1, -0.05) is 56.9 Å². The number of ether oxygens (including phenoxy) is 1. The minimum absolute atomic E-state index is 0.0855. The van der Waals surface area contributed by atoms with E-state index in [4.69, 9.17) is 4.74 Å². The lowest BCUT2D eigenvalue weighted by atomic mass is 9.82. The average Bonchev–Trinajstić information content (AvgIpc) is 3.05. The second-order valence-electron chi connectivity index (χ2n) is 12.0. The van der Waals surface area contributed by atoms with Gasteiger partial charge in [0.05, 0.1) is 13.2 Å². The highest BCUT2D eigenvalue weighted by Crippen LogP contribution is 2.28. The van der Waals surface area contributed by atoms with Gasteiger partial charge in [-0.2, -0.15) is 0 Å². The third-order valence-electron chi connectivity index (χ3n) is 8.84. The Labute approximate surface area is 256 Å². The molecule has 1 aliphatic carbocycles. The van der Waals surface area contributed by atoms with Crippen LogP contribution in [-0.4, -0.2) is 83.5 Å². The minimum Gasteiger partial charge on any atom is -0.497 e. The predicted molar refractivity (Wildman–Crippen MR) is 168 cm³/mol. The zero-order valence-corrected chi connectivity index (χ0v) is 25.8. The van der Waals surface area contributed by atoms with Gasteiger partial charge in [0.1, 0.15) is 18.0 Å². The van der Waals surface area contributed by atoms with E-state index in [9.17, 15) is 19.8 Å². The molecule has 2 aromatic rings. The van der Waals surface area contributed by atoms with Gasteiger partial charge in [0.2, 0.25) is 5.91 Å². The van der Waals surface area contributed by atoms with Crippen molar-refractivity contribution in [3.05, 3.63) is 65.2 Å². The summed E-state index contributed by atoms with van der Waals surface area (Å²) in [5.74, 6) is 0.617. The lowest BCUT2D eigenvalue weighted by Gasteiger charge is -2.38. The van der Waals surface area contributed by atoms with Gasteiger partial charge >= 0.3 is 0 Å². The Kier molecular flexibility index (Phi) is 12.8. The van der Waals surface area contributed by atoms with Crippen LogP contribution in [0.25, 0.3) is 0 Å². The van der Waals surface area contributed by atoms with E-state index in [1.54, 1.807) is 7.11 Å². The first-order valence-electron chi connectivity index (χ1n) is 16.0. The van der Waals surface area contributed by atoms with Crippen molar-refractivity contribution in [2.75, 3.05) is 33.3 Å². The maximum Gasteiger partial charge on any atom is 0.251 e. The molecule has 43 heavy (non-hydrogen) atoms. The third kappa shape index (κ3) is 9.76. The molecule has 3 atom stereocenters. The standard InChI is InChI=1S/C34H50N4O5/c1-3-4-19-38-22-21-37(20-18-30(39)36-31(34(38)42)32(40)27-8-6-5-7-9-27)24-26-10-14-28(15-11-26)33(41)35-23-25-12-16-29(43-2)17-13-25/h10-17,27,30-32,36,39-40H,3-9,18-24H2,1-2H3,(H,35,41)/t30?,31-,32-/m1/s1. The van der Waals surface area contributed by atoms with Gasteiger partial charge < -0.3 is 25.2 Å². The molecule has 2 aromatic carbocycles. The molecule has 0 aromatic heterocycles. The molecule has 236 valence electrons. The summed E-state index contributed by atoms with van der Waals surface area (Å²) in [6.45, 7) is 5.69. The molecule has 2 aliphatic rings. The van der Waals surface area contributed by atoms with E-state index >= 15 is 0 Å². The summed E-state index contributed by atoms with van der Waals surface area (Å²) < 4.78 is 5.19. The number of amides is 2. The molecule has 1 aliphatic heterocycles. The minimum atomic E-state index is -0.891. The van der Waals surface area contributed by atoms with Crippen LogP contribution >= 0.6 is 0 Å². The van der Waals surface area contributed by atoms with Gasteiger partial charge in [-0.05, 0) is 67.0 Å². The van der Waals surface area contributed by atoms with Gasteiger partial charge in [-0.25, -0.2) is 0 Å². The van der Waals surface area contributed by atoms with Crippen LogP contribution in [-0.2, 0) is 17.9 Å². The first kappa shape index (κ1) is 32.9. The Morgan fingerprint density at radius 1 is 1.00 bits per heavy atom. The molecule has 0 spiro atoms. The van der Waals surface area contributed by atoms with E-state index in [-0.39, 0.29) is 17.7 Å². The number of rotatable bonds is 11. The van der Waals surface area contributed by atoms with Crippen molar-refractivity contribution in [2.45, 2.75) is 89.8 Å². The summed E-state index contributed by atoms with van der Waals surface area (Å²) in [5.41, 5.74) is 2.65. The van der Waals surface area contributed by atoms with Crippen molar-refractivity contribution in [3.8, 4) is 5.75 Å². The van der Waals surface area contributed by atoms with Crippen LogP contribution in [0.15, 0.2) is 48.5 Å². The first-order valence-corrected chi connectivity index (χ1v) is 16.0. The van der Waals surface area contributed by atoms with Crippen LogP contribution in [0.5, 0.6) is 5.75 Å². The molecule has 4 N–H and O–H groups in total. The molecular formula is C34H50N4O5. The molecule has 1 saturated heterocycles. The van der Waals surface area contributed by atoms with Crippen LogP contribution in [0.1, 0.15) is 79.8 Å². The van der Waals surface area contributed by atoms with Gasteiger partial charge in [0, 0.05) is 44.8 Å². The van der Waals surface area contributed by atoms with Gasteiger partial charge in [-0.15, -0.1) is 0 Å². The molecule has 1 heterocycles. The number of carbonyl (C=O) groups excluding carboxylic acids is 2. The number of unbranched alkanes of at least 4 members (excludes halogenated alkanes) is 1. The van der Waals surface area contributed by atoms with Crippen LogP contribution in [0.3, 0.4) is 0 Å². The third-order valence-corrected chi connectivity index (χ3v) is 8.84. The van der Waals surface area contributed by atoms with Crippen molar-refractivity contribution in [1.29, 1.82) is 0 Å². The molecule has 0 radical (unpaired) electrons. The topological polar surface area (TPSA) is 114 Å². The lowest BCUT2D eigenvalue weighted by Crippen LogP contribution is -2.59. The second-order valence-corrected chi connectivity index (χ2v) is 12.0. The van der Waals surface area contributed by atoms with Crippen LogP contribution < -0.4 is 15.4 Å². The smallest absolute Gasteiger partial charge is 0.251 e. The van der Waals surface area contributed by atoms with Crippen molar-refractivity contribution in [3.63, 3.8) is 0 Å². The Balaban J connectivity index is 1.36. The van der Waals surface area contributed by atoms with Crippen molar-refractivity contribution in [2.24, 2.45) is 5.92 Å². The Hall–Kier alpha value is -2.98. The zero-order chi connectivity index (χ0) is 30.6. The molecule has 9 heteroatoms. The molecule has 9 nitrogen and oxygen atoms in total. The molecule has 1 saturated carbocycles. The number of benzene rings is 2. The zero-order valence-electron chi connectivity index (χ0n) is 25.8. The van der Waals surface area contributed by atoms with E-state index in [0.29, 0.717) is 51.3 Å². The van der Waals surface area contributed by atoms with Crippen LogP contribution in [0.2, 0.25) is 0 Å². The fraction of sp³-hybridized carbons (Fsp3) is 0.588. The molecule has 2 amide bonds. The van der Waals surface area contributed by atoms with Crippen molar-refractivity contribution in [1.82, 2.24) is 20.4 Å². The highest BCUT2D eigenvalue weighted by atomic mass is 16.5. The van der Waals surface area contributed by atoms with E-state index < -0.39 is 18.4 Å². The van der Waals surface area contributed by atoms with Gasteiger partial charge in [-0.3, -0.25) is 19.8 Å². The van der Waals surface area contributed by atoms with Crippen LogP contribution in [0, 0.1) is 5.92 Å². The number of aliphatic hydroxyl groups excluding tert-OH is 2. The maximum absolute atomic E-state index is 13.8. The average molecular weight is 595 g/mol. The second kappa shape index (κ2) is 16.8. The summed E-state index contributed by atoms with van der Waals surface area (Å²) in [5, 5.41) is 28.2. The maximum atomic E-state index is 13.8. The Bertz CT molecular complexity index is 1140. The summed E-state index contributed by atoms with van der Waals surface area (Å²) >= 11 is 0. The summed E-state index contributed by atoms with van der Waals surface area (Å²) in [6, 6.07) is 14.4. The normalized spacial score (nSPS) is 21.8. The Morgan fingerprint density at radius 3 is 2.37 bits per heavy atom. The van der Waals surface area contributed by atoms with Gasteiger partial charge in [0.25, 0.3) is 5.91 Å². The number of nitrogens with one attached hydrogen (secondary N) is 2. The first-order chi connectivity index (χ1) is 20.9. The Morgan fingerprint density at radius 2 is 1.70 bits per heavy atom. The number of hydrogen-bond acceptors (Lipinski definition) is 7. The molecular weight excluding hydrogens is 544 g/mol. The molecule has 2 fully saturated rings. The molecule has 1 unspecified atom stereocenters. The lowest BCUT2D eigenvalue weighted by molar-refractivity contribution is -0.140. The van der Waals surface area contributed by atoms with E-state index in [0.717, 1.165) is 55.4 Å². The number of aliphatic hydroxyl groups is 2.